The number of sulfonamides is 1. The van der Waals surface area contributed by atoms with E-state index in [1.54, 1.807) is 24.3 Å². The molecule has 1 N–H and O–H groups in total. The zero-order chi connectivity index (χ0) is 16.9. The Morgan fingerprint density at radius 2 is 1.65 bits per heavy atom. The number of anilines is 1. The Morgan fingerprint density at radius 3 is 2.30 bits per heavy atom. The van der Waals surface area contributed by atoms with Crippen LogP contribution in [0.4, 0.5) is 5.69 Å². The lowest BCUT2D eigenvalue weighted by Gasteiger charge is -2.13. The second-order valence-corrected chi connectivity index (χ2v) is 6.65. The van der Waals surface area contributed by atoms with Crippen molar-refractivity contribution in [2.24, 2.45) is 0 Å². The molecule has 23 heavy (non-hydrogen) atoms. The lowest BCUT2D eigenvalue weighted by Crippen LogP contribution is -2.14. The Balaban J connectivity index is 2.31. The maximum atomic E-state index is 12.5. The van der Waals surface area contributed by atoms with Crippen LogP contribution in [0.5, 0.6) is 11.5 Å². The first-order valence-corrected chi connectivity index (χ1v) is 9.01. The highest BCUT2D eigenvalue weighted by Crippen LogP contribution is 2.30. The van der Waals surface area contributed by atoms with Crippen molar-refractivity contribution in [2.75, 3.05) is 17.9 Å². The van der Waals surface area contributed by atoms with E-state index in [-0.39, 0.29) is 9.92 Å². The summed E-state index contributed by atoms with van der Waals surface area (Å²) in [5.41, 5.74) is 0.374. The first-order chi connectivity index (χ1) is 11.0. The largest absolute Gasteiger partial charge is 0.492 e. The summed E-state index contributed by atoms with van der Waals surface area (Å²) in [4.78, 5) is 0.0530. The van der Waals surface area contributed by atoms with Gasteiger partial charge in [-0.3, -0.25) is 4.72 Å². The molecule has 5 nitrogen and oxygen atoms in total. The van der Waals surface area contributed by atoms with E-state index in [1.165, 1.54) is 18.2 Å². The third kappa shape index (κ3) is 4.30. The van der Waals surface area contributed by atoms with Crippen molar-refractivity contribution in [1.82, 2.24) is 0 Å². The first-order valence-electron chi connectivity index (χ1n) is 7.15. The topological polar surface area (TPSA) is 64.6 Å². The number of nitrogens with one attached hydrogen (secondary N) is 1. The van der Waals surface area contributed by atoms with Gasteiger partial charge in [-0.2, -0.15) is 0 Å². The molecule has 2 aromatic rings. The van der Waals surface area contributed by atoms with Gasteiger partial charge >= 0.3 is 0 Å². The molecule has 0 amide bonds. The zero-order valence-corrected chi connectivity index (χ0v) is 14.4. The lowest BCUT2D eigenvalue weighted by molar-refractivity contribution is 0.340. The smallest absolute Gasteiger partial charge is 0.262 e. The minimum Gasteiger partial charge on any atom is -0.492 e. The quantitative estimate of drug-likeness (QED) is 0.817. The molecule has 0 aliphatic heterocycles. The number of para-hydroxylation sites is 2. The predicted molar refractivity (Wildman–Crippen MR) is 91.0 cm³/mol. The fraction of sp³-hybridized carbons (Fsp3) is 0.250. The molecular weight excluding hydrogens is 338 g/mol. The zero-order valence-electron chi connectivity index (χ0n) is 12.9. The molecule has 0 bridgehead atoms. The fourth-order valence-corrected chi connectivity index (χ4v) is 3.35. The number of benzene rings is 2. The van der Waals surface area contributed by atoms with Crippen LogP contribution in [-0.4, -0.2) is 21.6 Å². The summed E-state index contributed by atoms with van der Waals surface area (Å²) in [5, 5.41) is 0.243. The number of halogens is 1. The Hall–Kier alpha value is -1.92. The maximum Gasteiger partial charge on any atom is 0.262 e. The van der Waals surface area contributed by atoms with Gasteiger partial charge in [0.25, 0.3) is 10.0 Å². The van der Waals surface area contributed by atoms with Crippen molar-refractivity contribution in [1.29, 1.82) is 0 Å². The van der Waals surface area contributed by atoms with Gasteiger partial charge in [0.15, 0.2) is 0 Å². The third-order valence-corrected chi connectivity index (χ3v) is 4.60. The number of ether oxygens (including phenoxy) is 2. The van der Waals surface area contributed by atoms with Gasteiger partial charge in [0.1, 0.15) is 11.5 Å². The third-order valence-electron chi connectivity index (χ3n) is 2.94. The van der Waals surface area contributed by atoms with Gasteiger partial charge in [-0.05, 0) is 44.2 Å². The van der Waals surface area contributed by atoms with E-state index in [0.29, 0.717) is 30.4 Å². The molecule has 0 radical (unpaired) electrons. The minimum atomic E-state index is -3.78. The van der Waals surface area contributed by atoms with Crippen LogP contribution in [0.15, 0.2) is 47.4 Å². The Labute approximate surface area is 141 Å². The lowest BCUT2D eigenvalue weighted by atomic mass is 10.3. The number of hydrogen-bond donors (Lipinski definition) is 1. The molecule has 124 valence electrons. The van der Waals surface area contributed by atoms with E-state index in [4.69, 9.17) is 21.1 Å². The molecule has 2 rings (SSSR count). The van der Waals surface area contributed by atoms with Crippen molar-refractivity contribution in [3.05, 3.63) is 47.5 Å². The monoisotopic (exact) mass is 355 g/mol. The second kappa shape index (κ2) is 7.57. The van der Waals surface area contributed by atoms with Crippen LogP contribution < -0.4 is 14.2 Å². The van der Waals surface area contributed by atoms with E-state index in [0.717, 1.165) is 0 Å². The molecule has 0 atom stereocenters. The van der Waals surface area contributed by atoms with Gasteiger partial charge in [0.2, 0.25) is 0 Å². The Bertz CT molecular complexity index is 777. The molecule has 0 saturated heterocycles. The molecule has 7 heteroatoms. The summed E-state index contributed by atoms with van der Waals surface area (Å²) in [6, 6.07) is 11.2. The van der Waals surface area contributed by atoms with Crippen molar-refractivity contribution in [2.45, 2.75) is 18.7 Å². The van der Waals surface area contributed by atoms with E-state index in [2.05, 4.69) is 4.72 Å². The van der Waals surface area contributed by atoms with Gasteiger partial charge in [0, 0.05) is 0 Å². The van der Waals surface area contributed by atoms with Crippen LogP contribution in [0.3, 0.4) is 0 Å². The van der Waals surface area contributed by atoms with Gasteiger partial charge < -0.3 is 9.47 Å². The van der Waals surface area contributed by atoms with E-state index >= 15 is 0 Å². The number of rotatable bonds is 7. The van der Waals surface area contributed by atoms with Gasteiger partial charge in [0.05, 0.1) is 28.8 Å². The van der Waals surface area contributed by atoms with Crippen molar-refractivity contribution >= 4 is 27.3 Å². The summed E-state index contributed by atoms with van der Waals surface area (Å²) >= 11 is 6.06. The van der Waals surface area contributed by atoms with Crippen LogP contribution in [-0.2, 0) is 10.0 Å². The molecule has 0 heterocycles. The average Bonchev–Trinajstić information content (AvgIpc) is 2.51. The molecular formula is C16H18ClNO4S. The highest BCUT2D eigenvalue weighted by Gasteiger charge is 2.18. The minimum absolute atomic E-state index is 0.0530. The van der Waals surface area contributed by atoms with Crippen LogP contribution in [0, 0.1) is 0 Å². The van der Waals surface area contributed by atoms with Gasteiger partial charge in [-0.1, -0.05) is 23.7 Å². The molecule has 2 aromatic carbocycles. The second-order valence-electron chi connectivity index (χ2n) is 4.56. The molecule has 0 spiro atoms. The molecule has 0 aliphatic rings. The highest BCUT2D eigenvalue weighted by atomic mass is 35.5. The van der Waals surface area contributed by atoms with E-state index in [1.807, 2.05) is 13.8 Å². The SMILES string of the molecule is CCOc1ccc(S(=O)(=O)Nc2ccccc2OCC)cc1Cl. The summed E-state index contributed by atoms with van der Waals surface area (Å²) in [7, 11) is -3.78. The molecule has 0 unspecified atom stereocenters. The van der Waals surface area contributed by atoms with Crippen molar-refractivity contribution < 1.29 is 17.9 Å². The van der Waals surface area contributed by atoms with Gasteiger partial charge in [-0.25, -0.2) is 8.42 Å². The molecule has 0 aliphatic carbocycles. The molecule has 0 aromatic heterocycles. The van der Waals surface area contributed by atoms with E-state index in [9.17, 15) is 8.42 Å². The predicted octanol–water partition coefficient (Wildman–Crippen LogP) is 3.94. The van der Waals surface area contributed by atoms with Crippen LogP contribution in [0.2, 0.25) is 5.02 Å². The summed E-state index contributed by atoms with van der Waals surface area (Å²) in [6.45, 7) is 4.55. The van der Waals surface area contributed by atoms with Crippen LogP contribution in [0.25, 0.3) is 0 Å². The molecule has 0 fully saturated rings. The van der Waals surface area contributed by atoms with Crippen LogP contribution in [0.1, 0.15) is 13.8 Å². The Kier molecular flexibility index (Phi) is 5.74. The summed E-state index contributed by atoms with van der Waals surface area (Å²) in [5.74, 6) is 0.915. The van der Waals surface area contributed by atoms with E-state index < -0.39 is 10.0 Å². The maximum absolute atomic E-state index is 12.5. The van der Waals surface area contributed by atoms with Crippen LogP contribution >= 0.6 is 11.6 Å². The average molecular weight is 356 g/mol. The van der Waals surface area contributed by atoms with Gasteiger partial charge in [-0.15, -0.1) is 0 Å². The Morgan fingerprint density at radius 1 is 1.00 bits per heavy atom. The van der Waals surface area contributed by atoms with Crippen molar-refractivity contribution in [3.8, 4) is 11.5 Å². The first kappa shape index (κ1) is 17.4. The summed E-state index contributed by atoms with van der Waals surface area (Å²) < 4.78 is 38.3. The molecule has 0 saturated carbocycles. The highest BCUT2D eigenvalue weighted by molar-refractivity contribution is 7.92. The normalized spacial score (nSPS) is 11.1. The standard InChI is InChI=1S/C16H18ClNO4S/c1-3-21-15-10-9-12(11-13(15)17)23(19,20)18-14-7-5-6-8-16(14)22-4-2/h5-11,18H,3-4H2,1-2H3. The fourth-order valence-electron chi connectivity index (χ4n) is 1.96. The number of hydrogen-bond acceptors (Lipinski definition) is 4. The van der Waals surface area contributed by atoms with Crippen molar-refractivity contribution in [3.63, 3.8) is 0 Å². The summed E-state index contributed by atoms with van der Waals surface area (Å²) in [6.07, 6.45) is 0.